The van der Waals surface area contributed by atoms with E-state index in [0.717, 1.165) is 18.8 Å². The third-order valence-electron chi connectivity index (χ3n) is 3.43. The number of hydrogen-bond acceptors (Lipinski definition) is 7. The summed E-state index contributed by atoms with van der Waals surface area (Å²) in [6.45, 7) is 6.15. The number of nitrogens with zero attached hydrogens (tertiary/aromatic N) is 3. The van der Waals surface area contributed by atoms with E-state index in [0.29, 0.717) is 17.9 Å². The van der Waals surface area contributed by atoms with Gasteiger partial charge in [0, 0.05) is 6.04 Å². The van der Waals surface area contributed by atoms with E-state index in [1.165, 1.54) is 12.8 Å². The fourth-order valence-corrected chi connectivity index (χ4v) is 2.34. The van der Waals surface area contributed by atoms with Gasteiger partial charge in [-0.15, -0.1) is 0 Å². The molecule has 4 N–H and O–H groups in total. The Labute approximate surface area is 119 Å². The topological polar surface area (TPSA) is 98.0 Å². The molecule has 0 radical (unpaired) electrons. The van der Waals surface area contributed by atoms with Gasteiger partial charge in [0.2, 0.25) is 11.9 Å². The highest BCUT2D eigenvalue weighted by molar-refractivity contribution is 5.35. The second-order valence-corrected chi connectivity index (χ2v) is 5.68. The predicted molar refractivity (Wildman–Crippen MR) is 78.4 cm³/mol. The van der Waals surface area contributed by atoms with Crippen molar-refractivity contribution in [1.29, 1.82) is 0 Å². The van der Waals surface area contributed by atoms with Crippen LogP contribution in [0.2, 0.25) is 0 Å². The molecule has 1 aliphatic carbocycles. The zero-order valence-corrected chi connectivity index (χ0v) is 12.4. The van der Waals surface area contributed by atoms with Crippen LogP contribution in [0.3, 0.4) is 0 Å². The lowest BCUT2D eigenvalue weighted by Crippen LogP contribution is -2.27. The first-order chi connectivity index (χ1) is 9.56. The minimum atomic E-state index is 0.00593. The van der Waals surface area contributed by atoms with Gasteiger partial charge in [0.15, 0.2) is 0 Å². The van der Waals surface area contributed by atoms with Gasteiger partial charge < -0.3 is 10.1 Å². The van der Waals surface area contributed by atoms with Crippen molar-refractivity contribution in [3.8, 4) is 6.01 Å². The van der Waals surface area contributed by atoms with E-state index in [1.54, 1.807) is 0 Å². The fourth-order valence-electron chi connectivity index (χ4n) is 2.34. The summed E-state index contributed by atoms with van der Waals surface area (Å²) in [7, 11) is 0. The first kappa shape index (κ1) is 14.8. The molecule has 0 saturated heterocycles. The summed E-state index contributed by atoms with van der Waals surface area (Å²) in [4.78, 5) is 12.6. The second-order valence-electron chi connectivity index (χ2n) is 5.68. The Morgan fingerprint density at radius 3 is 2.35 bits per heavy atom. The summed E-state index contributed by atoms with van der Waals surface area (Å²) in [6, 6.07) is 0.695. The van der Waals surface area contributed by atoms with Crippen LogP contribution in [-0.4, -0.2) is 27.1 Å². The van der Waals surface area contributed by atoms with Gasteiger partial charge in [-0.05, 0) is 45.4 Å². The summed E-state index contributed by atoms with van der Waals surface area (Å²) in [5.74, 6) is 7.02. The lowest BCUT2D eigenvalue weighted by Gasteiger charge is -2.26. The number of nitrogen functional groups attached to an aromatic ring is 1. The maximum absolute atomic E-state index is 5.51. The van der Waals surface area contributed by atoms with Crippen molar-refractivity contribution in [2.45, 2.75) is 58.6 Å². The summed E-state index contributed by atoms with van der Waals surface area (Å²) in [5.41, 5.74) is 2.44. The molecular weight excluding hydrogens is 256 g/mol. The van der Waals surface area contributed by atoms with Crippen LogP contribution in [0.4, 0.5) is 11.9 Å². The van der Waals surface area contributed by atoms with Gasteiger partial charge in [0.05, 0.1) is 6.10 Å². The number of aromatic nitrogens is 3. The van der Waals surface area contributed by atoms with E-state index in [-0.39, 0.29) is 12.1 Å². The van der Waals surface area contributed by atoms with Crippen LogP contribution in [-0.2, 0) is 0 Å². The predicted octanol–water partition coefficient (Wildman–Crippen LogP) is 1.93. The van der Waals surface area contributed by atoms with E-state index in [4.69, 9.17) is 10.6 Å². The smallest absolute Gasteiger partial charge is 0.323 e. The Morgan fingerprint density at radius 2 is 1.75 bits per heavy atom. The average Bonchev–Trinajstić information content (AvgIpc) is 2.40. The number of nitrogens with one attached hydrogen (secondary N) is 2. The molecule has 1 aromatic heterocycles. The Kier molecular flexibility index (Phi) is 4.94. The van der Waals surface area contributed by atoms with E-state index >= 15 is 0 Å². The number of hydrazine groups is 1. The number of hydrogen-bond donors (Lipinski definition) is 3. The second kappa shape index (κ2) is 6.69. The molecule has 1 saturated carbocycles. The van der Waals surface area contributed by atoms with Crippen LogP contribution in [0, 0.1) is 5.92 Å². The molecule has 7 heteroatoms. The summed E-state index contributed by atoms with van der Waals surface area (Å²) in [5, 5.41) is 3.35. The molecule has 0 amide bonds. The maximum atomic E-state index is 5.51. The van der Waals surface area contributed by atoms with Crippen molar-refractivity contribution < 1.29 is 4.74 Å². The Morgan fingerprint density at radius 1 is 1.10 bits per heavy atom. The molecule has 1 fully saturated rings. The summed E-state index contributed by atoms with van der Waals surface area (Å²) in [6.07, 6.45) is 4.75. The molecule has 7 nitrogen and oxygen atoms in total. The summed E-state index contributed by atoms with van der Waals surface area (Å²) < 4.78 is 5.51. The standard InChI is InChI=1S/C13H24N6O/c1-8(2)20-13-17-11(16-12(18-13)19-14)15-10-6-4-9(3)5-7-10/h8-10H,4-7,14H2,1-3H3,(H2,15,16,17,18,19). The van der Waals surface area contributed by atoms with Gasteiger partial charge in [-0.1, -0.05) is 6.92 Å². The molecule has 0 aliphatic heterocycles. The molecule has 0 aromatic carbocycles. The summed E-state index contributed by atoms with van der Waals surface area (Å²) >= 11 is 0. The van der Waals surface area contributed by atoms with E-state index < -0.39 is 0 Å². The number of ether oxygens (including phenoxy) is 1. The molecule has 2 rings (SSSR count). The Bertz CT molecular complexity index is 431. The minimum absolute atomic E-state index is 0.00593. The number of anilines is 2. The van der Waals surface area contributed by atoms with Crippen LogP contribution in [0.15, 0.2) is 0 Å². The molecule has 1 heterocycles. The molecular formula is C13H24N6O. The van der Waals surface area contributed by atoms with Gasteiger partial charge in [0.25, 0.3) is 0 Å². The van der Waals surface area contributed by atoms with Crippen LogP contribution >= 0.6 is 0 Å². The van der Waals surface area contributed by atoms with Gasteiger partial charge in [-0.3, -0.25) is 5.43 Å². The van der Waals surface area contributed by atoms with Crippen LogP contribution < -0.4 is 21.3 Å². The first-order valence-electron chi connectivity index (χ1n) is 7.22. The average molecular weight is 280 g/mol. The van der Waals surface area contributed by atoms with E-state index in [2.05, 4.69) is 32.6 Å². The van der Waals surface area contributed by atoms with E-state index in [9.17, 15) is 0 Å². The largest absolute Gasteiger partial charge is 0.461 e. The van der Waals surface area contributed by atoms with Gasteiger partial charge in [-0.2, -0.15) is 15.0 Å². The number of nitrogens with two attached hydrogens (primary N) is 1. The normalized spacial score (nSPS) is 22.6. The van der Waals surface area contributed by atoms with Crippen molar-refractivity contribution in [2.75, 3.05) is 10.7 Å². The van der Waals surface area contributed by atoms with E-state index in [1.807, 2.05) is 13.8 Å². The molecule has 0 bridgehead atoms. The highest BCUT2D eigenvalue weighted by Crippen LogP contribution is 2.25. The monoisotopic (exact) mass is 280 g/mol. The van der Waals surface area contributed by atoms with Gasteiger partial charge in [-0.25, -0.2) is 5.84 Å². The lowest BCUT2D eigenvalue weighted by atomic mass is 9.87. The third-order valence-corrected chi connectivity index (χ3v) is 3.43. The van der Waals surface area contributed by atoms with Crippen LogP contribution in [0.25, 0.3) is 0 Å². The molecule has 0 unspecified atom stereocenters. The van der Waals surface area contributed by atoms with Crippen molar-refractivity contribution >= 4 is 11.9 Å². The van der Waals surface area contributed by atoms with Crippen LogP contribution in [0.5, 0.6) is 6.01 Å². The maximum Gasteiger partial charge on any atom is 0.323 e. The SMILES string of the molecule is CC1CCC(Nc2nc(NN)nc(OC(C)C)n2)CC1. The molecule has 0 atom stereocenters. The zero-order valence-electron chi connectivity index (χ0n) is 12.4. The first-order valence-corrected chi connectivity index (χ1v) is 7.22. The lowest BCUT2D eigenvalue weighted by molar-refractivity contribution is 0.222. The van der Waals surface area contributed by atoms with Crippen molar-refractivity contribution in [1.82, 2.24) is 15.0 Å². The molecule has 1 aliphatic rings. The van der Waals surface area contributed by atoms with Crippen LogP contribution in [0.1, 0.15) is 46.5 Å². The van der Waals surface area contributed by atoms with Gasteiger partial charge >= 0.3 is 6.01 Å². The Hall–Kier alpha value is -1.63. The van der Waals surface area contributed by atoms with Crippen molar-refractivity contribution in [3.63, 3.8) is 0 Å². The highest BCUT2D eigenvalue weighted by atomic mass is 16.5. The molecule has 112 valence electrons. The molecule has 20 heavy (non-hydrogen) atoms. The van der Waals surface area contributed by atoms with Crippen molar-refractivity contribution in [3.05, 3.63) is 0 Å². The quantitative estimate of drug-likeness (QED) is 0.560. The third kappa shape index (κ3) is 4.19. The zero-order chi connectivity index (χ0) is 14.5. The molecule has 1 aromatic rings. The highest BCUT2D eigenvalue weighted by Gasteiger charge is 2.19. The molecule has 0 spiro atoms. The fraction of sp³-hybridized carbons (Fsp3) is 0.769. The number of rotatable bonds is 5. The Balaban J connectivity index is 2.06. The van der Waals surface area contributed by atoms with Gasteiger partial charge in [0.1, 0.15) is 0 Å². The van der Waals surface area contributed by atoms with Crippen molar-refractivity contribution in [2.24, 2.45) is 11.8 Å². The minimum Gasteiger partial charge on any atom is -0.461 e.